The molecular weight excluding hydrogens is 266 g/mol. The first-order chi connectivity index (χ1) is 5.24. The van der Waals surface area contributed by atoms with Gasteiger partial charge in [0.2, 0.25) is 0 Å². The lowest BCUT2D eigenvalue weighted by Crippen LogP contribution is -2.25. The topological polar surface area (TPSA) is 37.3 Å². The highest BCUT2D eigenvalue weighted by Gasteiger charge is 2.27. The molecule has 4 heteroatoms. The van der Waals surface area contributed by atoms with Gasteiger partial charge >= 0.3 is 5.97 Å². The zero-order valence-corrected chi connectivity index (χ0v) is 9.83. The number of halogens is 1. The monoisotopic (exact) mass is 280 g/mol. The van der Waals surface area contributed by atoms with Crippen molar-refractivity contribution in [3.8, 4) is 0 Å². The second-order valence-corrected chi connectivity index (χ2v) is 6.65. The van der Waals surface area contributed by atoms with Crippen molar-refractivity contribution in [3.63, 3.8) is 0 Å². The highest BCUT2D eigenvalue weighted by Crippen LogP contribution is 2.31. The molecule has 0 amide bonds. The fourth-order valence-electron chi connectivity index (χ4n) is 1.02. The van der Waals surface area contributed by atoms with Gasteiger partial charge in [-0.05, 0) is 6.42 Å². The Morgan fingerprint density at radius 2 is 2.08 bits per heavy atom. The van der Waals surface area contributed by atoms with Crippen molar-refractivity contribution in [2.45, 2.75) is 36.4 Å². The first-order valence-electron chi connectivity index (χ1n) is 3.91. The summed E-state index contributed by atoms with van der Waals surface area (Å²) in [5.41, 5.74) is 0. The molecule has 0 aromatic rings. The summed E-state index contributed by atoms with van der Waals surface area (Å²) in [6, 6.07) is 0. The molecule has 2 radical (unpaired) electrons. The molecule has 68 valence electrons. The molecule has 2 atom stereocenters. The van der Waals surface area contributed by atoms with E-state index in [1.807, 2.05) is 13.8 Å². The number of carboxylic acids is 1. The highest BCUT2D eigenvalue weighted by molar-refractivity contribution is 14.1. The van der Waals surface area contributed by atoms with E-state index in [0.717, 1.165) is 0 Å². The quantitative estimate of drug-likeness (QED) is 0.487. The molecule has 0 saturated carbocycles. The molecular formula is C8H14BIO2. The molecule has 0 aromatic heterocycles. The Morgan fingerprint density at radius 1 is 1.67 bits per heavy atom. The van der Waals surface area contributed by atoms with Gasteiger partial charge in [-0.15, -0.1) is 0 Å². The Labute approximate surface area is 88.7 Å². The lowest BCUT2D eigenvalue weighted by atomic mass is 9.75. The SMILES string of the molecule is [B]C(C)C(CC(C)(C)I)C(=O)O. The molecule has 0 spiro atoms. The predicted octanol–water partition coefficient (Wildman–Crippen LogP) is 2.27. The van der Waals surface area contributed by atoms with Crippen LogP contribution in [0.1, 0.15) is 27.2 Å². The van der Waals surface area contributed by atoms with Gasteiger partial charge in [0.15, 0.2) is 0 Å². The molecule has 0 aliphatic carbocycles. The normalized spacial score (nSPS) is 17.0. The average molecular weight is 280 g/mol. The van der Waals surface area contributed by atoms with Crippen molar-refractivity contribution < 1.29 is 9.90 Å². The van der Waals surface area contributed by atoms with Crippen LogP contribution in [-0.2, 0) is 4.79 Å². The van der Waals surface area contributed by atoms with E-state index in [2.05, 4.69) is 22.6 Å². The Bertz CT molecular complexity index is 163. The molecule has 0 fully saturated rings. The summed E-state index contributed by atoms with van der Waals surface area (Å²) >= 11 is 2.24. The zero-order valence-electron chi connectivity index (χ0n) is 7.67. The van der Waals surface area contributed by atoms with E-state index >= 15 is 0 Å². The highest BCUT2D eigenvalue weighted by atomic mass is 127. The average Bonchev–Trinajstić information content (AvgIpc) is 1.79. The number of carbonyl (C=O) groups is 1. The standard InChI is InChI=1S/C8H14BIO2/c1-5(9)6(7(11)12)4-8(2,3)10/h5-6H,4H2,1-3H3,(H,11,12). The summed E-state index contributed by atoms with van der Waals surface area (Å²) in [6.45, 7) is 5.75. The van der Waals surface area contributed by atoms with Gasteiger partial charge in [-0.3, -0.25) is 4.79 Å². The first kappa shape index (κ1) is 12.3. The smallest absolute Gasteiger partial charge is 0.306 e. The summed E-state index contributed by atoms with van der Waals surface area (Å²) < 4.78 is -0.00551. The Balaban J connectivity index is 4.25. The van der Waals surface area contributed by atoms with Crippen LogP contribution in [-0.4, -0.2) is 22.3 Å². The van der Waals surface area contributed by atoms with Crippen molar-refractivity contribution in [3.05, 3.63) is 0 Å². The lowest BCUT2D eigenvalue weighted by molar-refractivity contribution is -0.142. The van der Waals surface area contributed by atoms with Crippen molar-refractivity contribution in [2.24, 2.45) is 5.92 Å². The molecule has 0 heterocycles. The number of hydrogen-bond acceptors (Lipinski definition) is 1. The molecule has 0 aromatic carbocycles. The number of aliphatic carboxylic acids is 1. The summed E-state index contributed by atoms with van der Waals surface area (Å²) in [5.74, 6) is -1.51. The fourth-order valence-corrected chi connectivity index (χ4v) is 1.50. The van der Waals surface area contributed by atoms with Crippen LogP contribution in [0, 0.1) is 5.92 Å². The van der Waals surface area contributed by atoms with E-state index in [-0.39, 0.29) is 9.24 Å². The van der Waals surface area contributed by atoms with Crippen LogP contribution in [0.15, 0.2) is 0 Å². The number of rotatable bonds is 4. The van der Waals surface area contributed by atoms with Crippen LogP contribution in [0.3, 0.4) is 0 Å². The Hall–Kier alpha value is 0.265. The predicted molar refractivity (Wildman–Crippen MR) is 59.0 cm³/mol. The second-order valence-electron chi connectivity index (χ2n) is 3.73. The first-order valence-corrected chi connectivity index (χ1v) is 4.99. The van der Waals surface area contributed by atoms with E-state index in [0.29, 0.717) is 6.42 Å². The van der Waals surface area contributed by atoms with Gasteiger partial charge in [0.05, 0.1) is 13.8 Å². The third-order valence-corrected chi connectivity index (χ3v) is 2.10. The zero-order chi connectivity index (χ0) is 9.94. The molecule has 12 heavy (non-hydrogen) atoms. The van der Waals surface area contributed by atoms with Gasteiger partial charge in [0.25, 0.3) is 0 Å². The molecule has 0 saturated heterocycles. The van der Waals surface area contributed by atoms with Crippen LogP contribution in [0.4, 0.5) is 0 Å². The summed E-state index contributed by atoms with van der Waals surface area (Å²) in [7, 11) is 5.56. The van der Waals surface area contributed by atoms with E-state index < -0.39 is 11.9 Å². The minimum atomic E-state index is -0.797. The van der Waals surface area contributed by atoms with Crippen molar-refractivity contribution in [1.82, 2.24) is 0 Å². The van der Waals surface area contributed by atoms with Gasteiger partial charge in [-0.25, -0.2) is 0 Å². The van der Waals surface area contributed by atoms with Crippen molar-refractivity contribution >= 4 is 36.4 Å². The number of hydrogen-bond donors (Lipinski definition) is 1. The molecule has 0 bridgehead atoms. The van der Waals surface area contributed by atoms with Crippen LogP contribution in [0.5, 0.6) is 0 Å². The lowest BCUT2D eigenvalue weighted by Gasteiger charge is -2.24. The second kappa shape index (κ2) is 4.49. The fraction of sp³-hybridized carbons (Fsp3) is 0.875. The van der Waals surface area contributed by atoms with Gasteiger partial charge < -0.3 is 5.11 Å². The van der Waals surface area contributed by atoms with E-state index in [4.69, 9.17) is 13.0 Å². The largest absolute Gasteiger partial charge is 0.481 e. The molecule has 0 rings (SSSR count). The molecule has 2 nitrogen and oxygen atoms in total. The summed E-state index contributed by atoms with van der Waals surface area (Å²) in [6.07, 6.45) is 0.612. The maximum Gasteiger partial charge on any atom is 0.306 e. The minimum absolute atomic E-state index is 0.00551. The van der Waals surface area contributed by atoms with Crippen molar-refractivity contribution in [1.29, 1.82) is 0 Å². The third-order valence-electron chi connectivity index (χ3n) is 1.66. The molecule has 2 unspecified atom stereocenters. The maximum absolute atomic E-state index is 10.7. The Morgan fingerprint density at radius 3 is 2.17 bits per heavy atom. The van der Waals surface area contributed by atoms with Gasteiger partial charge in [0, 0.05) is 3.42 Å². The molecule has 0 aliphatic rings. The van der Waals surface area contributed by atoms with E-state index in [1.165, 1.54) is 0 Å². The van der Waals surface area contributed by atoms with Crippen LogP contribution in [0.25, 0.3) is 0 Å². The maximum atomic E-state index is 10.7. The van der Waals surface area contributed by atoms with Crippen LogP contribution in [0.2, 0.25) is 5.82 Å². The van der Waals surface area contributed by atoms with Crippen LogP contribution >= 0.6 is 22.6 Å². The minimum Gasteiger partial charge on any atom is -0.481 e. The Kier molecular flexibility index (Phi) is 4.59. The molecule has 0 aliphatic heterocycles. The van der Waals surface area contributed by atoms with Crippen LogP contribution < -0.4 is 0 Å². The van der Waals surface area contributed by atoms with E-state index in [1.54, 1.807) is 6.92 Å². The number of carboxylic acid groups (broad SMARTS) is 1. The van der Waals surface area contributed by atoms with Gasteiger partial charge in [0.1, 0.15) is 0 Å². The van der Waals surface area contributed by atoms with Crippen molar-refractivity contribution in [2.75, 3.05) is 0 Å². The third kappa shape index (κ3) is 5.01. The molecule has 1 N–H and O–H groups in total. The van der Waals surface area contributed by atoms with Gasteiger partial charge in [-0.2, -0.15) is 0 Å². The van der Waals surface area contributed by atoms with E-state index in [9.17, 15) is 4.79 Å². The summed E-state index contributed by atoms with van der Waals surface area (Å²) in [4.78, 5) is 10.7. The number of alkyl halides is 1. The van der Waals surface area contributed by atoms with Gasteiger partial charge in [-0.1, -0.05) is 49.2 Å². The summed E-state index contributed by atoms with van der Waals surface area (Å²) in [5, 5.41) is 8.82.